The van der Waals surface area contributed by atoms with Gasteiger partial charge in [0.2, 0.25) is 0 Å². The molecule has 0 unspecified atom stereocenters. The summed E-state index contributed by atoms with van der Waals surface area (Å²) < 4.78 is 0. The number of aliphatic hydroxyl groups excluding tert-OH is 1. The Bertz CT molecular complexity index is 504. The van der Waals surface area contributed by atoms with Crippen molar-refractivity contribution in [3.8, 4) is 0 Å². The van der Waals surface area contributed by atoms with Crippen LogP contribution in [0.1, 0.15) is 25.8 Å². The number of hydrogen-bond donors (Lipinski definition) is 3. The fraction of sp³-hybridized carbons (Fsp3) is 0.500. The first-order valence-corrected chi connectivity index (χ1v) is 6.39. The van der Waals surface area contributed by atoms with Gasteiger partial charge in [0.05, 0.1) is 17.4 Å². The van der Waals surface area contributed by atoms with Crippen molar-refractivity contribution in [2.45, 2.75) is 25.7 Å². The van der Waals surface area contributed by atoms with Crippen LogP contribution in [0.5, 0.6) is 0 Å². The largest absolute Gasteiger partial charge is 0.396 e. The summed E-state index contributed by atoms with van der Waals surface area (Å²) in [6.07, 6.45) is 2.52. The number of hydrogen-bond acceptors (Lipinski definition) is 3. The van der Waals surface area contributed by atoms with Gasteiger partial charge in [0.1, 0.15) is 0 Å². The minimum atomic E-state index is 0.0642. The smallest absolute Gasteiger partial charge is 0.0931 e. The van der Waals surface area contributed by atoms with Crippen LogP contribution < -0.4 is 5.32 Å². The van der Waals surface area contributed by atoms with Gasteiger partial charge in [-0.05, 0) is 30.7 Å². The summed E-state index contributed by atoms with van der Waals surface area (Å²) in [6, 6.07) is 6.35. The number of fused-ring (bicyclic) bond motifs is 1. The highest BCUT2D eigenvalue weighted by atomic mass is 16.3. The molecule has 98 valence electrons. The van der Waals surface area contributed by atoms with Gasteiger partial charge in [-0.2, -0.15) is 0 Å². The zero-order valence-electron chi connectivity index (χ0n) is 11.0. The van der Waals surface area contributed by atoms with Gasteiger partial charge in [0.25, 0.3) is 0 Å². The van der Waals surface area contributed by atoms with Crippen LogP contribution in [0.25, 0.3) is 11.0 Å². The quantitative estimate of drug-likeness (QED) is 0.682. The Balaban J connectivity index is 2.07. The van der Waals surface area contributed by atoms with Crippen molar-refractivity contribution in [1.82, 2.24) is 15.3 Å². The normalized spacial score (nSPS) is 12.2. The number of aliphatic hydroxyl groups is 1. The zero-order chi connectivity index (χ0) is 13.0. The third kappa shape index (κ3) is 2.89. The van der Waals surface area contributed by atoms with Crippen LogP contribution in [0.2, 0.25) is 0 Å². The second-order valence-electron chi connectivity index (χ2n) is 5.27. The van der Waals surface area contributed by atoms with Crippen LogP contribution in [0.3, 0.4) is 0 Å². The van der Waals surface area contributed by atoms with E-state index in [0.717, 1.165) is 30.5 Å². The highest BCUT2D eigenvalue weighted by Gasteiger charge is 2.20. The van der Waals surface area contributed by atoms with Gasteiger partial charge >= 0.3 is 0 Å². The summed E-state index contributed by atoms with van der Waals surface area (Å²) >= 11 is 0. The molecule has 0 bridgehead atoms. The minimum absolute atomic E-state index is 0.0642. The molecule has 4 heteroatoms. The van der Waals surface area contributed by atoms with E-state index in [-0.39, 0.29) is 12.0 Å². The highest BCUT2D eigenvalue weighted by molar-refractivity contribution is 5.75. The first kappa shape index (κ1) is 13.1. The lowest BCUT2D eigenvalue weighted by Gasteiger charge is -2.25. The molecule has 0 atom stereocenters. The van der Waals surface area contributed by atoms with Gasteiger partial charge in [-0.25, -0.2) is 4.98 Å². The summed E-state index contributed by atoms with van der Waals surface area (Å²) in [5.41, 5.74) is 3.43. The Kier molecular flexibility index (Phi) is 3.99. The van der Waals surface area contributed by atoms with Crippen LogP contribution in [-0.4, -0.2) is 34.8 Å². The van der Waals surface area contributed by atoms with E-state index >= 15 is 0 Å². The van der Waals surface area contributed by atoms with Crippen LogP contribution in [0.15, 0.2) is 24.5 Å². The van der Waals surface area contributed by atoms with Crippen molar-refractivity contribution in [1.29, 1.82) is 0 Å². The molecule has 4 nitrogen and oxygen atoms in total. The van der Waals surface area contributed by atoms with Gasteiger partial charge in [-0.1, -0.05) is 19.9 Å². The molecule has 0 aliphatic rings. The lowest BCUT2D eigenvalue weighted by Crippen LogP contribution is -2.33. The van der Waals surface area contributed by atoms with Gasteiger partial charge in [-0.15, -0.1) is 0 Å². The van der Waals surface area contributed by atoms with Gasteiger partial charge in [-0.3, -0.25) is 0 Å². The number of benzene rings is 1. The van der Waals surface area contributed by atoms with E-state index in [1.165, 1.54) is 5.56 Å². The first-order valence-electron chi connectivity index (χ1n) is 6.39. The summed E-state index contributed by atoms with van der Waals surface area (Å²) in [6.45, 7) is 6.43. The average Bonchev–Trinajstić information content (AvgIpc) is 2.82. The van der Waals surface area contributed by atoms with Crippen molar-refractivity contribution >= 4 is 11.0 Å². The molecule has 0 aliphatic carbocycles. The van der Waals surface area contributed by atoms with E-state index in [4.69, 9.17) is 5.11 Å². The molecule has 0 amide bonds. The third-order valence-electron chi connectivity index (χ3n) is 3.28. The number of H-pyrrole nitrogens is 1. The second kappa shape index (κ2) is 5.50. The molecular formula is C14H21N3O. The number of nitrogens with one attached hydrogen (secondary N) is 2. The average molecular weight is 247 g/mol. The standard InChI is InChI=1S/C14H21N3O/c1-14(2,9-15-6-3-7-18)11-4-5-12-13(8-11)17-10-16-12/h4-5,8,10,15,18H,3,6-7,9H2,1-2H3,(H,16,17). The summed E-state index contributed by atoms with van der Waals surface area (Å²) in [5.74, 6) is 0. The monoisotopic (exact) mass is 247 g/mol. The fourth-order valence-electron chi connectivity index (χ4n) is 2.06. The third-order valence-corrected chi connectivity index (χ3v) is 3.28. The van der Waals surface area contributed by atoms with Crippen molar-refractivity contribution < 1.29 is 5.11 Å². The minimum Gasteiger partial charge on any atom is -0.396 e. The van der Waals surface area contributed by atoms with Crippen LogP contribution in [-0.2, 0) is 5.41 Å². The topological polar surface area (TPSA) is 60.9 Å². The molecule has 0 fully saturated rings. The second-order valence-corrected chi connectivity index (χ2v) is 5.27. The molecule has 1 aromatic carbocycles. The number of nitrogens with zero attached hydrogens (tertiary/aromatic N) is 1. The Hall–Kier alpha value is -1.39. The first-order chi connectivity index (χ1) is 8.63. The van der Waals surface area contributed by atoms with Crippen LogP contribution in [0, 0.1) is 0 Å². The molecular weight excluding hydrogens is 226 g/mol. The fourth-order valence-corrected chi connectivity index (χ4v) is 2.06. The molecule has 0 aliphatic heterocycles. The summed E-state index contributed by atoms with van der Waals surface area (Å²) in [5, 5.41) is 12.1. The lowest BCUT2D eigenvalue weighted by molar-refractivity contribution is 0.284. The maximum atomic E-state index is 8.76. The Morgan fingerprint density at radius 2 is 2.22 bits per heavy atom. The number of rotatable bonds is 6. The molecule has 1 aromatic heterocycles. The molecule has 2 aromatic rings. The molecule has 0 spiro atoms. The molecule has 2 rings (SSSR count). The molecule has 0 radical (unpaired) electrons. The zero-order valence-corrected chi connectivity index (χ0v) is 11.0. The van der Waals surface area contributed by atoms with Crippen molar-refractivity contribution in [3.05, 3.63) is 30.1 Å². The lowest BCUT2D eigenvalue weighted by atomic mass is 9.84. The molecule has 0 saturated carbocycles. The van der Waals surface area contributed by atoms with E-state index in [9.17, 15) is 0 Å². The number of aromatic nitrogens is 2. The summed E-state index contributed by atoms with van der Waals surface area (Å²) in [4.78, 5) is 7.37. The number of imidazole rings is 1. The predicted molar refractivity (Wildman–Crippen MR) is 73.7 cm³/mol. The van der Waals surface area contributed by atoms with Crippen molar-refractivity contribution in [2.24, 2.45) is 0 Å². The Labute approximate surface area is 107 Å². The van der Waals surface area contributed by atoms with E-state index in [0.29, 0.717) is 0 Å². The Morgan fingerprint density at radius 3 is 3.00 bits per heavy atom. The maximum absolute atomic E-state index is 8.76. The summed E-state index contributed by atoms with van der Waals surface area (Å²) in [7, 11) is 0. The predicted octanol–water partition coefficient (Wildman–Crippen LogP) is 1.81. The van der Waals surface area contributed by atoms with Crippen LogP contribution >= 0.6 is 0 Å². The molecule has 18 heavy (non-hydrogen) atoms. The van der Waals surface area contributed by atoms with Gasteiger partial charge in [0, 0.05) is 18.6 Å². The molecule has 3 N–H and O–H groups in total. The Morgan fingerprint density at radius 1 is 1.39 bits per heavy atom. The number of aromatic amines is 1. The van der Waals surface area contributed by atoms with E-state index in [1.807, 2.05) is 0 Å². The van der Waals surface area contributed by atoms with Crippen molar-refractivity contribution in [3.63, 3.8) is 0 Å². The van der Waals surface area contributed by atoms with Crippen molar-refractivity contribution in [2.75, 3.05) is 19.7 Å². The molecule has 0 saturated heterocycles. The van der Waals surface area contributed by atoms with Gasteiger partial charge < -0.3 is 15.4 Å². The maximum Gasteiger partial charge on any atom is 0.0931 e. The van der Waals surface area contributed by atoms with E-state index in [2.05, 4.69) is 47.3 Å². The highest BCUT2D eigenvalue weighted by Crippen LogP contribution is 2.24. The van der Waals surface area contributed by atoms with Gasteiger partial charge in [0.15, 0.2) is 0 Å². The SMILES string of the molecule is CC(C)(CNCCCO)c1ccc2nc[nH]c2c1. The van der Waals surface area contributed by atoms with E-state index in [1.54, 1.807) is 6.33 Å². The van der Waals surface area contributed by atoms with Crippen LogP contribution in [0.4, 0.5) is 0 Å². The van der Waals surface area contributed by atoms with E-state index < -0.39 is 0 Å². The molecule has 1 heterocycles.